The number of anilines is 1. The van der Waals surface area contributed by atoms with Crippen LogP contribution in [0.15, 0.2) is 36.5 Å². The highest BCUT2D eigenvalue weighted by Gasteiger charge is 2.54. The van der Waals surface area contributed by atoms with E-state index in [1.807, 2.05) is 37.2 Å². The van der Waals surface area contributed by atoms with Crippen molar-refractivity contribution in [2.45, 2.75) is 37.6 Å². The predicted molar refractivity (Wildman–Crippen MR) is 118 cm³/mol. The minimum atomic E-state index is -0.00530. The van der Waals surface area contributed by atoms with Gasteiger partial charge >= 0.3 is 0 Å². The molecule has 0 unspecified atom stereocenters. The molecule has 1 amide bonds. The van der Waals surface area contributed by atoms with E-state index in [2.05, 4.69) is 16.4 Å². The number of nitrogens with one attached hydrogen (secondary N) is 1. The van der Waals surface area contributed by atoms with Crippen molar-refractivity contribution in [1.82, 2.24) is 15.3 Å². The highest BCUT2D eigenvalue weighted by molar-refractivity contribution is 7.18. The largest absolute Gasteiger partial charge is 0.363 e. The molecule has 3 aromatic rings. The van der Waals surface area contributed by atoms with Gasteiger partial charge in [0.1, 0.15) is 5.82 Å². The Kier molecular flexibility index (Phi) is 4.51. The fourth-order valence-electron chi connectivity index (χ4n) is 4.75. The zero-order valence-corrected chi connectivity index (χ0v) is 18.1. The van der Waals surface area contributed by atoms with Gasteiger partial charge in [0.2, 0.25) is 0 Å². The standard InChI is InChI=1S/C22H23ClN4OS/c1-27(2)19-7-13(5-6-24-19)20(28)25-16-11-22(12-16)9-14(10-22)21-26-17-8-15(23)3-4-18(17)29-21/h3-8,14,16H,9-12H2,1-2H3,(H,25,28). The van der Waals surface area contributed by atoms with Crippen molar-refractivity contribution in [3.8, 4) is 0 Å². The maximum Gasteiger partial charge on any atom is 0.251 e. The molecule has 150 valence electrons. The Bertz CT molecular complexity index is 1080. The minimum Gasteiger partial charge on any atom is -0.363 e. The highest BCUT2D eigenvalue weighted by Crippen LogP contribution is 2.62. The van der Waals surface area contributed by atoms with E-state index in [4.69, 9.17) is 16.6 Å². The molecule has 0 aliphatic heterocycles. The van der Waals surface area contributed by atoms with Crippen molar-refractivity contribution in [2.24, 2.45) is 5.41 Å². The zero-order chi connectivity index (χ0) is 20.2. The summed E-state index contributed by atoms with van der Waals surface area (Å²) in [6.45, 7) is 0. The van der Waals surface area contributed by atoms with Crippen LogP contribution in [0.4, 0.5) is 5.82 Å². The second-order valence-corrected chi connectivity index (χ2v) is 10.1. The number of nitrogens with zero attached hydrogens (tertiary/aromatic N) is 3. The van der Waals surface area contributed by atoms with Gasteiger partial charge in [-0.25, -0.2) is 9.97 Å². The lowest BCUT2D eigenvalue weighted by atomic mass is 9.50. The molecule has 0 radical (unpaired) electrons. The topological polar surface area (TPSA) is 58.1 Å². The molecule has 5 rings (SSSR count). The van der Waals surface area contributed by atoms with E-state index in [1.165, 1.54) is 22.5 Å². The van der Waals surface area contributed by atoms with E-state index in [-0.39, 0.29) is 11.9 Å². The molecule has 0 atom stereocenters. The Labute approximate surface area is 179 Å². The number of thiazole rings is 1. The maximum absolute atomic E-state index is 12.6. The summed E-state index contributed by atoms with van der Waals surface area (Å²) in [7, 11) is 3.85. The molecule has 2 heterocycles. The number of carbonyl (C=O) groups is 1. The molecule has 1 N–H and O–H groups in total. The number of rotatable bonds is 4. The number of pyridine rings is 1. The molecule has 1 spiro atoms. The van der Waals surface area contributed by atoms with E-state index >= 15 is 0 Å². The summed E-state index contributed by atoms with van der Waals surface area (Å²) in [6.07, 6.45) is 6.17. The predicted octanol–water partition coefficient (Wildman–Crippen LogP) is 4.87. The fourth-order valence-corrected chi connectivity index (χ4v) is 5.96. The smallest absolute Gasteiger partial charge is 0.251 e. The van der Waals surface area contributed by atoms with Gasteiger partial charge in [-0.1, -0.05) is 11.6 Å². The van der Waals surface area contributed by atoms with Crippen LogP contribution in [0.3, 0.4) is 0 Å². The number of benzene rings is 1. The third-order valence-corrected chi connectivity index (χ3v) is 7.67. The van der Waals surface area contributed by atoms with Crippen LogP contribution in [0, 0.1) is 5.41 Å². The summed E-state index contributed by atoms with van der Waals surface area (Å²) in [4.78, 5) is 23.6. The second-order valence-electron chi connectivity index (χ2n) is 8.65. The maximum atomic E-state index is 12.6. The average molecular weight is 427 g/mol. The number of carbonyl (C=O) groups excluding carboxylic acids is 1. The molecule has 7 heteroatoms. The molecule has 5 nitrogen and oxygen atoms in total. The third kappa shape index (κ3) is 3.49. The van der Waals surface area contributed by atoms with Gasteiger partial charge in [-0.15, -0.1) is 11.3 Å². The number of hydrogen-bond acceptors (Lipinski definition) is 5. The van der Waals surface area contributed by atoms with Crippen LogP contribution in [0.25, 0.3) is 10.2 Å². The fraction of sp³-hybridized carbons (Fsp3) is 0.409. The lowest BCUT2D eigenvalue weighted by Crippen LogP contribution is -2.55. The summed E-state index contributed by atoms with van der Waals surface area (Å²) in [5.41, 5.74) is 2.07. The summed E-state index contributed by atoms with van der Waals surface area (Å²) in [5, 5.41) is 5.16. The zero-order valence-electron chi connectivity index (χ0n) is 16.5. The first kappa shape index (κ1) is 18.8. The van der Waals surface area contributed by atoms with Gasteiger partial charge in [-0.3, -0.25) is 4.79 Å². The highest BCUT2D eigenvalue weighted by atomic mass is 35.5. The van der Waals surface area contributed by atoms with Gasteiger partial charge in [0.25, 0.3) is 5.91 Å². The van der Waals surface area contributed by atoms with E-state index in [1.54, 1.807) is 23.6 Å². The molecule has 2 fully saturated rings. The second kappa shape index (κ2) is 6.96. The van der Waals surface area contributed by atoms with E-state index in [9.17, 15) is 4.79 Å². The van der Waals surface area contributed by atoms with Gasteiger partial charge in [0, 0.05) is 42.8 Å². The van der Waals surface area contributed by atoms with E-state index in [0.29, 0.717) is 16.9 Å². The molecule has 2 aromatic heterocycles. The number of amides is 1. The quantitative estimate of drug-likeness (QED) is 0.646. The Morgan fingerprint density at radius 3 is 2.76 bits per heavy atom. The van der Waals surface area contributed by atoms with Crippen molar-refractivity contribution in [3.05, 3.63) is 52.1 Å². The van der Waals surface area contributed by atoms with Crippen LogP contribution in [0.5, 0.6) is 0 Å². The van der Waals surface area contributed by atoms with Crippen LogP contribution in [-0.2, 0) is 0 Å². The van der Waals surface area contributed by atoms with Gasteiger partial charge in [0.15, 0.2) is 0 Å². The molecular formula is C22H23ClN4OS. The Morgan fingerprint density at radius 2 is 2.00 bits per heavy atom. The Morgan fingerprint density at radius 1 is 1.21 bits per heavy atom. The van der Waals surface area contributed by atoms with Crippen LogP contribution < -0.4 is 10.2 Å². The lowest BCUT2D eigenvalue weighted by Gasteiger charge is -2.57. The summed E-state index contributed by atoms with van der Waals surface area (Å²) in [6, 6.07) is 9.81. The first-order chi connectivity index (χ1) is 13.9. The van der Waals surface area contributed by atoms with Gasteiger partial charge < -0.3 is 10.2 Å². The first-order valence-corrected chi connectivity index (χ1v) is 11.1. The normalized spacial score (nSPS) is 25.5. The number of halogens is 1. The Hall–Kier alpha value is -2.18. The summed E-state index contributed by atoms with van der Waals surface area (Å²) in [5.74, 6) is 1.33. The summed E-state index contributed by atoms with van der Waals surface area (Å²) >= 11 is 7.87. The molecular weight excluding hydrogens is 404 g/mol. The van der Waals surface area contributed by atoms with Crippen LogP contribution >= 0.6 is 22.9 Å². The number of fused-ring (bicyclic) bond motifs is 1. The SMILES string of the molecule is CN(C)c1cc(C(=O)NC2CC3(C2)CC(c2nc4cc(Cl)ccc4s2)C3)ccn1. The third-order valence-electron chi connectivity index (χ3n) is 6.23. The summed E-state index contributed by atoms with van der Waals surface area (Å²) < 4.78 is 1.21. The van der Waals surface area contributed by atoms with Crippen molar-refractivity contribution in [2.75, 3.05) is 19.0 Å². The molecule has 0 bridgehead atoms. The van der Waals surface area contributed by atoms with Crippen LogP contribution in [0.2, 0.25) is 5.02 Å². The lowest BCUT2D eigenvalue weighted by molar-refractivity contribution is -0.0187. The van der Waals surface area contributed by atoms with Crippen LogP contribution in [0.1, 0.15) is 47.0 Å². The van der Waals surface area contributed by atoms with Crippen molar-refractivity contribution >= 4 is 44.9 Å². The molecule has 2 aliphatic carbocycles. The molecule has 2 aliphatic rings. The van der Waals surface area contributed by atoms with Crippen molar-refractivity contribution < 1.29 is 4.79 Å². The monoisotopic (exact) mass is 426 g/mol. The van der Waals surface area contributed by atoms with Crippen molar-refractivity contribution in [3.63, 3.8) is 0 Å². The van der Waals surface area contributed by atoms with E-state index < -0.39 is 0 Å². The minimum absolute atomic E-state index is 0.00530. The van der Waals surface area contributed by atoms with Gasteiger partial charge in [-0.05, 0) is 61.4 Å². The van der Waals surface area contributed by atoms with Gasteiger partial charge in [-0.2, -0.15) is 0 Å². The molecule has 1 aromatic carbocycles. The number of hydrogen-bond donors (Lipinski definition) is 1. The average Bonchev–Trinajstić information content (AvgIpc) is 3.04. The van der Waals surface area contributed by atoms with Gasteiger partial charge in [0.05, 0.1) is 15.2 Å². The number of aromatic nitrogens is 2. The molecule has 2 saturated carbocycles. The molecule has 29 heavy (non-hydrogen) atoms. The van der Waals surface area contributed by atoms with Crippen molar-refractivity contribution in [1.29, 1.82) is 0 Å². The van der Waals surface area contributed by atoms with E-state index in [0.717, 1.165) is 29.2 Å². The first-order valence-electron chi connectivity index (χ1n) is 9.91. The van der Waals surface area contributed by atoms with Crippen LogP contribution in [-0.4, -0.2) is 36.0 Å². The Balaban J connectivity index is 1.16. The molecule has 0 saturated heterocycles.